The van der Waals surface area contributed by atoms with Crippen LogP contribution in [0.3, 0.4) is 0 Å². The minimum atomic E-state index is -3.59. The first-order valence-electron chi connectivity index (χ1n) is 5.07. The van der Waals surface area contributed by atoms with Crippen LogP contribution < -0.4 is 0 Å². The fraction of sp³-hybridized carbons (Fsp3) is 0.556. The van der Waals surface area contributed by atoms with Gasteiger partial charge in [-0.2, -0.15) is 4.31 Å². The molecule has 102 valence electrons. The summed E-state index contributed by atoms with van der Waals surface area (Å²) >= 11 is 16.0. The molecule has 1 fully saturated rings. The molecule has 0 bridgehead atoms. The minimum Gasteiger partial charge on any atom is -0.375 e. The van der Waals surface area contributed by atoms with Crippen LogP contribution in [0.15, 0.2) is 11.0 Å². The quantitative estimate of drug-likeness (QED) is 0.740. The minimum absolute atomic E-state index is 0.0781. The van der Waals surface area contributed by atoms with Crippen molar-refractivity contribution in [3.05, 3.63) is 14.7 Å². The molecule has 1 aromatic rings. The number of rotatable bonds is 3. The molecule has 0 N–H and O–H groups in total. The molecule has 1 atom stereocenters. The van der Waals surface area contributed by atoms with Gasteiger partial charge in [-0.05, 0) is 6.07 Å². The summed E-state index contributed by atoms with van der Waals surface area (Å²) in [5.41, 5.74) is 0. The molecule has 1 saturated heterocycles. The summed E-state index contributed by atoms with van der Waals surface area (Å²) in [6.45, 7) is 1.03. The molecule has 9 heteroatoms. The molecule has 2 rings (SSSR count). The van der Waals surface area contributed by atoms with Crippen molar-refractivity contribution in [2.75, 3.05) is 25.0 Å². The van der Waals surface area contributed by atoms with Gasteiger partial charge >= 0.3 is 0 Å². The number of hydrogen-bond donors (Lipinski definition) is 0. The molecule has 1 unspecified atom stereocenters. The predicted octanol–water partition coefficient (Wildman–Crippen LogP) is 2.84. The topological polar surface area (TPSA) is 46.6 Å². The molecule has 1 aromatic heterocycles. The summed E-state index contributed by atoms with van der Waals surface area (Å²) in [6.07, 6.45) is -0.138. The second-order valence-corrected chi connectivity index (χ2v) is 8.54. The van der Waals surface area contributed by atoms with Crippen LogP contribution in [0.25, 0.3) is 0 Å². The Kier molecular flexibility index (Phi) is 4.97. The molecular formula is C9H10BrCl2NO3S2. The van der Waals surface area contributed by atoms with Gasteiger partial charge in [0.25, 0.3) is 0 Å². The van der Waals surface area contributed by atoms with Crippen LogP contribution in [-0.2, 0) is 14.8 Å². The fourth-order valence-electron chi connectivity index (χ4n) is 1.64. The number of nitrogens with zero attached hydrogens (tertiary/aromatic N) is 1. The maximum absolute atomic E-state index is 12.4. The van der Waals surface area contributed by atoms with Crippen molar-refractivity contribution in [1.29, 1.82) is 0 Å². The smallest absolute Gasteiger partial charge is 0.245 e. The molecule has 0 radical (unpaired) electrons. The highest BCUT2D eigenvalue weighted by Crippen LogP contribution is 2.36. The van der Waals surface area contributed by atoms with Gasteiger partial charge in [0, 0.05) is 18.4 Å². The maximum Gasteiger partial charge on any atom is 0.245 e. The summed E-state index contributed by atoms with van der Waals surface area (Å²) in [7, 11) is -3.59. The number of sulfonamides is 1. The first-order valence-corrected chi connectivity index (χ1v) is 9.21. The highest BCUT2D eigenvalue weighted by Gasteiger charge is 2.32. The van der Waals surface area contributed by atoms with E-state index < -0.39 is 10.0 Å². The van der Waals surface area contributed by atoms with E-state index in [1.54, 1.807) is 0 Å². The van der Waals surface area contributed by atoms with Gasteiger partial charge in [0.2, 0.25) is 10.0 Å². The van der Waals surface area contributed by atoms with E-state index in [0.29, 0.717) is 29.4 Å². The Morgan fingerprint density at radius 3 is 2.83 bits per heavy atom. The third-order valence-corrected chi connectivity index (χ3v) is 6.86. The Morgan fingerprint density at radius 2 is 2.28 bits per heavy atom. The number of halogens is 3. The molecule has 4 nitrogen and oxygen atoms in total. The lowest BCUT2D eigenvalue weighted by Crippen LogP contribution is -2.46. The molecule has 1 aliphatic rings. The highest BCUT2D eigenvalue weighted by molar-refractivity contribution is 9.09. The van der Waals surface area contributed by atoms with Gasteiger partial charge in [-0.3, -0.25) is 0 Å². The van der Waals surface area contributed by atoms with Gasteiger partial charge in [-0.15, -0.1) is 11.3 Å². The molecule has 0 aromatic carbocycles. The Morgan fingerprint density at radius 1 is 1.56 bits per heavy atom. The van der Waals surface area contributed by atoms with Gasteiger partial charge in [-0.1, -0.05) is 39.1 Å². The van der Waals surface area contributed by atoms with E-state index in [4.69, 9.17) is 27.9 Å². The molecule has 2 heterocycles. The van der Waals surface area contributed by atoms with Crippen LogP contribution in [0.4, 0.5) is 0 Å². The summed E-state index contributed by atoms with van der Waals surface area (Å²) in [6, 6.07) is 1.39. The SMILES string of the molecule is O=S(=O)(c1cc(Cl)sc1Cl)N1CCOC(CBr)C1. The van der Waals surface area contributed by atoms with E-state index >= 15 is 0 Å². The van der Waals surface area contributed by atoms with Crippen LogP contribution in [0.1, 0.15) is 0 Å². The van der Waals surface area contributed by atoms with Crippen LogP contribution in [0, 0.1) is 0 Å². The molecular weight excluding hydrogens is 385 g/mol. The van der Waals surface area contributed by atoms with Crippen LogP contribution in [0.5, 0.6) is 0 Å². The first-order chi connectivity index (χ1) is 8.45. The summed E-state index contributed by atoms with van der Waals surface area (Å²) in [5.74, 6) is 0. The van der Waals surface area contributed by atoms with Crippen molar-refractivity contribution in [3.63, 3.8) is 0 Å². The Hall–Kier alpha value is 0.630. The molecule has 0 aliphatic carbocycles. The molecule has 0 amide bonds. The zero-order valence-corrected chi connectivity index (χ0v) is 13.8. The van der Waals surface area contributed by atoms with E-state index in [1.807, 2.05) is 0 Å². The van der Waals surface area contributed by atoms with Crippen molar-refractivity contribution in [2.24, 2.45) is 0 Å². The predicted molar refractivity (Wildman–Crippen MR) is 76.6 cm³/mol. The van der Waals surface area contributed by atoms with E-state index in [9.17, 15) is 8.42 Å². The Balaban J connectivity index is 2.28. The number of hydrogen-bond acceptors (Lipinski definition) is 4. The number of thiophene rings is 1. The second-order valence-electron chi connectivity index (χ2n) is 3.70. The van der Waals surface area contributed by atoms with Crippen LogP contribution in [-0.4, -0.2) is 43.9 Å². The normalized spacial score (nSPS) is 22.3. The summed E-state index contributed by atoms with van der Waals surface area (Å²) in [4.78, 5) is 0.0781. The van der Waals surface area contributed by atoms with Gasteiger partial charge in [-0.25, -0.2) is 8.42 Å². The number of morpholine rings is 1. The second kappa shape index (κ2) is 5.95. The summed E-state index contributed by atoms with van der Waals surface area (Å²) in [5, 5.41) is 0.594. The standard InChI is InChI=1S/C9H10BrCl2NO3S2/c10-4-6-5-13(1-2-16-6)18(14,15)7-3-8(11)17-9(7)12/h3,6H,1-2,4-5H2. The molecule has 18 heavy (non-hydrogen) atoms. The van der Waals surface area contributed by atoms with Crippen LogP contribution >= 0.6 is 50.5 Å². The zero-order chi connectivity index (χ0) is 13.3. The van der Waals surface area contributed by atoms with E-state index in [-0.39, 0.29) is 15.3 Å². The zero-order valence-electron chi connectivity index (χ0n) is 9.11. The lowest BCUT2D eigenvalue weighted by Gasteiger charge is -2.31. The number of alkyl halides is 1. The fourth-order valence-corrected chi connectivity index (χ4v) is 5.60. The van der Waals surface area contributed by atoms with E-state index in [2.05, 4.69) is 15.9 Å². The van der Waals surface area contributed by atoms with Crippen molar-refractivity contribution < 1.29 is 13.2 Å². The maximum atomic E-state index is 12.4. The monoisotopic (exact) mass is 393 g/mol. The highest BCUT2D eigenvalue weighted by atomic mass is 79.9. The first kappa shape index (κ1) is 15.0. The molecule has 0 spiro atoms. The van der Waals surface area contributed by atoms with Gasteiger partial charge in [0.15, 0.2) is 0 Å². The largest absolute Gasteiger partial charge is 0.375 e. The summed E-state index contributed by atoms with van der Waals surface area (Å²) < 4.78 is 32.2. The van der Waals surface area contributed by atoms with E-state index in [1.165, 1.54) is 10.4 Å². The van der Waals surface area contributed by atoms with Crippen molar-refractivity contribution in [1.82, 2.24) is 4.31 Å². The van der Waals surface area contributed by atoms with Gasteiger partial charge < -0.3 is 4.74 Å². The molecule has 0 saturated carbocycles. The number of ether oxygens (including phenoxy) is 1. The van der Waals surface area contributed by atoms with E-state index in [0.717, 1.165) is 11.3 Å². The Bertz CT molecular complexity index is 534. The molecule has 1 aliphatic heterocycles. The third-order valence-electron chi connectivity index (χ3n) is 2.52. The van der Waals surface area contributed by atoms with Gasteiger partial charge in [0.1, 0.15) is 9.23 Å². The lowest BCUT2D eigenvalue weighted by atomic mass is 10.3. The van der Waals surface area contributed by atoms with Gasteiger partial charge in [0.05, 0.1) is 17.0 Å². The Labute approximate surface area is 128 Å². The lowest BCUT2D eigenvalue weighted by molar-refractivity contribution is 0.0137. The van der Waals surface area contributed by atoms with Crippen molar-refractivity contribution in [3.8, 4) is 0 Å². The third kappa shape index (κ3) is 3.03. The average molecular weight is 395 g/mol. The van der Waals surface area contributed by atoms with Crippen molar-refractivity contribution in [2.45, 2.75) is 11.0 Å². The average Bonchev–Trinajstić information content (AvgIpc) is 2.69. The van der Waals surface area contributed by atoms with Crippen molar-refractivity contribution >= 4 is 60.5 Å². The van der Waals surface area contributed by atoms with Crippen LogP contribution in [0.2, 0.25) is 8.67 Å².